The first-order chi connectivity index (χ1) is 12.1. The lowest BCUT2D eigenvalue weighted by Gasteiger charge is -2.20. The Morgan fingerprint density at radius 2 is 1.92 bits per heavy atom. The maximum absolute atomic E-state index is 11.7. The molecule has 132 valence electrons. The van der Waals surface area contributed by atoms with Gasteiger partial charge in [-0.1, -0.05) is 54.6 Å². The van der Waals surface area contributed by atoms with Gasteiger partial charge in [0.05, 0.1) is 0 Å². The van der Waals surface area contributed by atoms with Gasteiger partial charge < -0.3 is 9.47 Å². The van der Waals surface area contributed by atoms with E-state index in [1.54, 1.807) is 6.92 Å². The molecule has 25 heavy (non-hydrogen) atoms. The average Bonchev–Trinajstić information content (AvgIpc) is 2.64. The van der Waals surface area contributed by atoms with Gasteiger partial charge >= 0.3 is 11.9 Å². The predicted octanol–water partition coefficient (Wildman–Crippen LogP) is 4.10. The smallest absolute Gasteiger partial charge is 0.333 e. The minimum absolute atomic E-state index is 0.0344. The second kappa shape index (κ2) is 9.62. The van der Waals surface area contributed by atoms with Crippen molar-refractivity contribution in [3.05, 3.63) is 71.8 Å². The fourth-order valence-electron chi connectivity index (χ4n) is 2.66. The van der Waals surface area contributed by atoms with E-state index in [0.717, 1.165) is 24.8 Å². The molecule has 0 amide bonds. The van der Waals surface area contributed by atoms with Crippen molar-refractivity contribution in [1.29, 1.82) is 0 Å². The molecule has 1 aliphatic carbocycles. The summed E-state index contributed by atoms with van der Waals surface area (Å²) in [6, 6.07) is 10.5. The summed E-state index contributed by atoms with van der Waals surface area (Å²) < 4.78 is 9.84. The molecule has 0 heterocycles. The Labute approximate surface area is 148 Å². The van der Waals surface area contributed by atoms with E-state index in [1.165, 1.54) is 11.6 Å². The molecule has 0 saturated carbocycles. The van der Waals surface area contributed by atoms with Crippen LogP contribution in [0.3, 0.4) is 0 Å². The molecule has 2 rings (SSSR count). The maximum atomic E-state index is 11.7. The molecule has 1 aliphatic rings. The van der Waals surface area contributed by atoms with Crippen molar-refractivity contribution < 1.29 is 19.1 Å². The normalized spacial score (nSPS) is 17.0. The number of carbonyl (C=O) groups excluding carboxylic acids is 2. The van der Waals surface area contributed by atoms with Gasteiger partial charge in [0, 0.05) is 11.6 Å². The number of carbonyl (C=O) groups is 2. The van der Waals surface area contributed by atoms with Crippen LogP contribution in [0.5, 0.6) is 0 Å². The molecule has 4 heteroatoms. The zero-order valence-corrected chi connectivity index (χ0v) is 14.6. The zero-order chi connectivity index (χ0) is 18.1. The summed E-state index contributed by atoms with van der Waals surface area (Å²) in [7, 11) is 0. The van der Waals surface area contributed by atoms with E-state index in [0.29, 0.717) is 11.5 Å². The molecule has 4 nitrogen and oxygen atoms in total. The maximum Gasteiger partial charge on any atom is 0.333 e. The minimum Gasteiger partial charge on any atom is -0.459 e. The standard InChI is InChI=1S/C21H24O4/c1-16(2)21(23)25-15-14-24-20(22)13-10-17-8-11-19(12-9-17)18-6-4-3-5-7-18/h3-8,10,13,19H,1,9,11-12,14-15H2,2H3/b13-10+. The highest BCUT2D eigenvalue weighted by Gasteiger charge is 2.15. The summed E-state index contributed by atoms with van der Waals surface area (Å²) in [4.78, 5) is 22.8. The minimum atomic E-state index is -0.480. The second-order valence-electron chi connectivity index (χ2n) is 6.08. The number of benzene rings is 1. The van der Waals surface area contributed by atoms with Gasteiger partial charge in [-0.2, -0.15) is 0 Å². The van der Waals surface area contributed by atoms with E-state index in [-0.39, 0.29) is 13.2 Å². The summed E-state index contributed by atoms with van der Waals surface area (Å²) >= 11 is 0. The molecule has 0 aliphatic heterocycles. The number of rotatable bonds is 7. The first-order valence-electron chi connectivity index (χ1n) is 8.47. The van der Waals surface area contributed by atoms with Crippen LogP contribution in [0.1, 0.15) is 37.7 Å². The lowest BCUT2D eigenvalue weighted by molar-refractivity contribution is -0.146. The molecular weight excluding hydrogens is 316 g/mol. The highest BCUT2D eigenvalue weighted by molar-refractivity contribution is 5.87. The zero-order valence-electron chi connectivity index (χ0n) is 14.6. The summed E-state index contributed by atoms with van der Waals surface area (Å²) in [5.41, 5.74) is 2.84. The van der Waals surface area contributed by atoms with Crippen LogP contribution in [-0.4, -0.2) is 25.2 Å². The van der Waals surface area contributed by atoms with Crippen LogP contribution in [0.2, 0.25) is 0 Å². The Balaban J connectivity index is 1.71. The monoisotopic (exact) mass is 340 g/mol. The molecule has 1 aromatic rings. The molecular formula is C21H24O4. The van der Waals surface area contributed by atoms with Crippen LogP contribution < -0.4 is 0 Å². The van der Waals surface area contributed by atoms with E-state index in [9.17, 15) is 9.59 Å². The van der Waals surface area contributed by atoms with E-state index in [2.05, 4.69) is 36.9 Å². The fourth-order valence-corrected chi connectivity index (χ4v) is 2.66. The van der Waals surface area contributed by atoms with Gasteiger partial charge in [0.2, 0.25) is 0 Å². The van der Waals surface area contributed by atoms with Gasteiger partial charge in [0.15, 0.2) is 0 Å². The topological polar surface area (TPSA) is 52.6 Å². The molecule has 0 N–H and O–H groups in total. The number of allylic oxidation sites excluding steroid dienone is 3. The van der Waals surface area contributed by atoms with Crippen molar-refractivity contribution in [3.63, 3.8) is 0 Å². The Kier molecular flexibility index (Phi) is 7.20. The average molecular weight is 340 g/mol. The van der Waals surface area contributed by atoms with Gasteiger partial charge in [-0.15, -0.1) is 0 Å². The van der Waals surface area contributed by atoms with Gasteiger partial charge in [-0.25, -0.2) is 9.59 Å². The van der Waals surface area contributed by atoms with Crippen LogP contribution in [0, 0.1) is 0 Å². The predicted molar refractivity (Wildman–Crippen MR) is 97.0 cm³/mol. The molecule has 0 radical (unpaired) electrons. The van der Waals surface area contributed by atoms with Crippen LogP contribution in [0.4, 0.5) is 0 Å². The largest absolute Gasteiger partial charge is 0.459 e. The summed E-state index contributed by atoms with van der Waals surface area (Å²) in [6.45, 7) is 5.12. The summed E-state index contributed by atoms with van der Waals surface area (Å²) in [6.07, 6.45) is 8.42. The van der Waals surface area contributed by atoms with Crippen molar-refractivity contribution in [2.75, 3.05) is 13.2 Å². The Morgan fingerprint density at radius 3 is 2.56 bits per heavy atom. The third-order valence-corrected chi connectivity index (χ3v) is 4.06. The SMILES string of the molecule is C=C(C)C(=O)OCCOC(=O)/C=C/C1=CCC(c2ccccc2)CC1. The third-order valence-electron chi connectivity index (χ3n) is 4.06. The highest BCUT2D eigenvalue weighted by atomic mass is 16.6. The lowest BCUT2D eigenvalue weighted by atomic mass is 9.84. The van der Waals surface area contributed by atoms with Crippen molar-refractivity contribution in [1.82, 2.24) is 0 Å². The number of hydrogen-bond donors (Lipinski definition) is 0. The Morgan fingerprint density at radius 1 is 1.20 bits per heavy atom. The molecule has 0 spiro atoms. The second-order valence-corrected chi connectivity index (χ2v) is 6.08. The lowest BCUT2D eigenvalue weighted by Crippen LogP contribution is -2.13. The van der Waals surface area contributed by atoms with E-state index in [1.807, 2.05) is 12.1 Å². The molecule has 0 aromatic heterocycles. The Bertz CT molecular complexity index is 670. The van der Waals surface area contributed by atoms with Crippen molar-refractivity contribution >= 4 is 11.9 Å². The van der Waals surface area contributed by atoms with E-state index < -0.39 is 11.9 Å². The Hall–Kier alpha value is -2.62. The van der Waals surface area contributed by atoms with Gasteiger partial charge in [0.1, 0.15) is 13.2 Å². The van der Waals surface area contributed by atoms with Crippen LogP contribution in [0.15, 0.2) is 66.3 Å². The summed E-state index contributed by atoms with van der Waals surface area (Å²) in [5.74, 6) is -0.363. The summed E-state index contributed by atoms with van der Waals surface area (Å²) in [5, 5.41) is 0. The van der Waals surface area contributed by atoms with Crippen molar-refractivity contribution in [2.24, 2.45) is 0 Å². The molecule has 1 aromatic carbocycles. The molecule has 0 fully saturated rings. The van der Waals surface area contributed by atoms with Crippen LogP contribution >= 0.6 is 0 Å². The third kappa shape index (κ3) is 6.42. The van der Waals surface area contributed by atoms with Gasteiger partial charge in [-0.05, 0) is 37.7 Å². The number of ether oxygens (including phenoxy) is 2. The quantitative estimate of drug-likeness (QED) is 0.426. The molecule has 1 atom stereocenters. The van der Waals surface area contributed by atoms with Gasteiger partial charge in [-0.3, -0.25) is 0 Å². The van der Waals surface area contributed by atoms with Crippen LogP contribution in [-0.2, 0) is 19.1 Å². The number of esters is 2. The molecule has 0 saturated heterocycles. The van der Waals surface area contributed by atoms with E-state index >= 15 is 0 Å². The fraction of sp³-hybridized carbons (Fsp3) is 0.333. The first kappa shape index (κ1) is 18.7. The number of hydrogen-bond acceptors (Lipinski definition) is 4. The van der Waals surface area contributed by atoms with Gasteiger partial charge in [0.25, 0.3) is 0 Å². The molecule has 1 unspecified atom stereocenters. The highest BCUT2D eigenvalue weighted by Crippen LogP contribution is 2.32. The van der Waals surface area contributed by atoms with Crippen molar-refractivity contribution in [2.45, 2.75) is 32.1 Å². The first-order valence-corrected chi connectivity index (χ1v) is 8.47. The van der Waals surface area contributed by atoms with E-state index in [4.69, 9.17) is 9.47 Å². The van der Waals surface area contributed by atoms with Crippen LogP contribution in [0.25, 0.3) is 0 Å². The van der Waals surface area contributed by atoms with Crippen molar-refractivity contribution in [3.8, 4) is 0 Å². The molecule has 0 bridgehead atoms.